The average molecular weight is 412 g/mol. The van der Waals surface area contributed by atoms with Crippen molar-refractivity contribution < 1.29 is 9.53 Å². The highest BCUT2D eigenvalue weighted by Crippen LogP contribution is 2.24. The molecule has 0 fully saturated rings. The molecule has 0 spiro atoms. The summed E-state index contributed by atoms with van der Waals surface area (Å²) in [4.78, 5) is 12.4. The minimum atomic E-state index is -0.174. The maximum atomic E-state index is 12.4. The number of hydrogen-bond donors (Lipinski definition) is 1. The lowest BCUT2D eigenvalue weighted by atomic mass is 10.1. The molecule has 0 saturated carbocycles. The molecule has 0 atom stereocenters. The van der Waals surface area contributed by atoms with Crippen LogP contribution in [0.4, 0.5) is 0 Å². The fraction of sp³-hybridized carbons (Fsp3) is 0.154. The predicted molar refractivity (Wildman–Crippen MR) is 122 cm³/mol. The van der Waals surface area contributed by atoms with Gasteiger partial charge in [0, 0.05) is 23.9 Å². The number of rotatable bonds is 7. The van der Waals surface area contributed by atoms with Crippen LogP contribution < -0.4 is 10.1 Å². The van der Waals surface area contributed by atoms with Crippen molar-refractivity contribution in [3.8, 4) is 22.7 Å². The first kappa shape index (κ1) is 20.4. The summed E-state index contributed by atoms with van der Waals surface area (Å²) in [5, 5.41) is 7.74. The van der Waals surface area contributed by atoms with Crippen LogP contribution >= 0.6 is 0 Å². The summed E-state index contributed by atoms with van der Waals surface area (Å²) in [5.41, 5.74) is 5.95. The zero-order chi connectivity index (χ0) is 21.6. The Morgan fingerprint density at radius 3 is 2.39 bits per heavy atom. The minimum absolute atomic E-state index is 0.0300. The molecule has 0 aliphatic heterocycles. The zero-order valence-corrected chi connectivity index (χ0v) is 17.7. The molecule has 0 aliphatic carbocycles. The number of benzene rings is 3. The lowest BCUT2D eigenvalue weighted by Gasteiger charge is -2.11. The van der Waals surface area contributed by atoms with E-state index < -0.39 is 0 Å². The van der Waals surface area contributed by atoms with Gasteiger partial charge in [0.25, 0.3) is 5.91 Å². The topological polar surface area (TPSA) is 56.1 Å². The van der Waals surface area contributed by atoms with Crippen LogP contribution in [0.25, 0.3) is 16.9 Å². The predicted octanol–water partition coefficient (Wildman–Crippen LogP) is 4.85. The van der Waals surface area contributed by atoms with Crippen LogP contribution in [-0.4, -0.2) is 22.3 Å². The van der Waals surface area contributed by atoms with Gasteiger partial charge in [0.05, 0.1) is 11.4 Å². The Bertz CT molecular complexity index is 1170. The second-order valence-electron chi connectivity index (χ2n) is 7.41. The third-order valence-corrected chi connectivity index (χ3v) is 5.25. The fourth-order valence-corrected chi connectivity index (χ4v) is 3.36. The molecule has 1 N–H and O–H groups in total. The maximum Gasteiger partial charge on any atom is 0.258 e. The molecular formula is C26H25N3O2. The van der Waals surface area contributed by atoms with Crippen LogP contribution in [0.15, 0.2) is 85.1 Å². The Morgan fingerprint density at radius 1 is 0.935 bits per heavy atom. The van der Waals surface area contributed by atoms with Crippen molar-refractivity contribution in [1.82, 2.24) is 15.1 Å². The number of carbonyl (C=O) groups excluding carboxylic acids is 1. The Kier molecular flexibility index (Phi) is 6.13. The number of amides is 1. The third kappa shape index (κ3) is 4.83. The normalized spacial score (nSPS) is 10.6. The van der Waals surface area contributed by atoms with Crippen LogP contribution in [0.2, 0.25) is 0 Å². The van der Waals surface area contributed by atoms with Gasteiger partial charge in [0.1, 0.15) is 5.75 Å². The highest BCUT2D eigenvalue weighted by Gasteiger charge is 2.14. The van der Waals surface area contributed by atoms with E-state index in [2.05, 4.69) is 5.32 Å². The first-order chi connectivity index (χ1) is 15.1. The highest BCUT2D eigenvalue weighted by atomic mass is 16.5. The largest absolute Gasteiger partial charge is 0.483 e. The minimum Gasteiger partial charge on any atom is -0.483 e. The maximum absolute atomic E-state index is 12.4. The Balaban J connectivity index is 1.49. The standard InChI is InChI=1S/C26H25N3O2/c1-19-10-9-15-24(20(19)2)31-18-25(30)27-16-22-17-29(23-13-7-4-8-14-23)28-26(22)21-11-5-3-6-12-21/h3-15,17H,16,18H2,1-2H3,(H,27,30). The van der Waals surface area contributed by atoms with E-state index in [9.17, 15) is 4.79 Å². The van der Waals surface area contributed by atoms with Crippen molar-refractivity contribution in [1.29, 1.82) is 0 Å². The van der Waals surface area contributed by atoms with Gasteiger partial charge < -0.3 is 10.1 Å². The first-order valence-electron chi connectivity index (χ1n) is 10.3. The average Bonchev–Trinajstić information content (AvgIpc) is 3.24. The van der Waals surface area contributed by atoms with E-state index in [1.54, 1.807) is 0 Å². The highest BCUT2D eigenvalue weighted by molar-refractivity contribution is 5.78. The molecule has 4 aromatic rings. The van der Waals surface area contributed by atoms with E-state index in [1.165, 1.54) is 0 Å². The third-order valence-electron chi connectivity index (χ3n) is 5.25. The molecule has 31 heavy (non-hydrogen) atoms. The molecule has 156 valence electrons. The van der Waals surface area contributed by atoms with Crippen LogP contribution in [-0.2, 0) is 11.3 Å². The second-order valence-corrected chi connectivity index (χ2v) is 7.41. The number of carbonyl (C=O) groups is 1. The molecule has 0 saturated heterocycles. The second kappa shape index (κ2) is 9.30. The molecule has 1 heterocycles. The first-order valence-corrected chi connectivity index (χ1v) is 10.3. The fourth-order valence-electron chi connectivity index (χ4n) is 3.36. The lowest BCUT2D eigenvalue weighted by Crippen LogP contribution is -2.28. The van der Waals surface area contributed by atoms with Gasteiger partial charge in [-0.15, -0.1) is 0 Å². The Morgan fingerprint density at radius 2 is 1.65 bits per heavy atom. The summed E-state index contributed by atoms with van der Waals surface area (Å²) >= 11 is 0. The SMILES string of the molecule is Cc1cccc(OCC(=O)NCc2cn(-c3ccccc3)nc2-c2ccccc2)c1C. The van der Waals surface area contributed by atoms with Crippen LogP contribution in [0, 0.1) is 13.8 Å². The van der Waals surface area contributed by atoms with Crippen LogP contribution in [0.5, 0.6) is 5.75 Å². The summed E-state index contributed by atoms with van der Waals surface area (Å²) < 4.78 is 7.57. The van der Waals surface area contributed by atoms with E-state index in [1.807, 2.05) is 104 Å². The van der Waals surface area contributed by atoms with Crippen molar-refractivity contribution in [3.63, 3.8) is 0 Å². The van der Waals surface area contributed by atoms with Crippen molar-refractivity contribution in [2.75, 3.05) is 6.61 Å². The number of hydrogen-bond acceptors (Lipinski definition) is 3. The summed E-state index contributed by atoms with van der Waals surface area (Å²) in [6.45, 7) is 4.36. The van der Waals surface area contributed by atoms with Gasteiger partial charge in [-0.1, -0.05) is 60.7 Å². The molecule has 1 aromatic heterocycles. The summed E-state index contributed by atoms with van der Waals surface area (Å²) in [7, 11) is 0. The van der Waals surface area contributed by atoms with Gasteiger partial charge in [0.2, 0.25) is 0 Å². The van der Waals surface area contributed by atoms with E-state index in [0.29, 0.717) is 6.54 Å². The molecule has 4 rings (SSSR count). The number of nitrogens with one attached hydrogen (secondary N) is 1. The van der Waals surface area contributed by atoms with Crippen molar-refractivity contribution in [2.24, 2.45) is 0 Å². The van der Waals surface area contributed by atoms with Crippen LogP contribution in [0.3, 0.4) is 0 Å². The molecule has 3 aromatic carbocycles. The smallest absolute Gasteiger partial charge is 0.258 e. The summed E-state index contributed by atoms with van der Waals surface area (Å²) in [6, 6.07) is 25.8. The zero-order valence-electron chi connectivity index (χ0n) is 17.7. The lowest BCUT2D eigenvalue weighted by molar-refractivity contribution is -0.123. The van der Waals surface area contributed by atoms with Gasteiger partial charge in [-0.25, -0.2) is 4.68 Å². The van der Waals surface area contributed by atoms with E-state index in [4.69, 9.17) is 9.84 Å². The molecule has 5 nitrogen and oxygen atoms in total. The van der Waals surface area contributed by atoms with E-state index >= 15 is 0 Å². The van der Waals surface area contributed by atoms with E-state index in [0.717, 1.165) is 39.4 Å². The summed E-state index contributed by atoms with van der Waals surface area (Å²) in [5.74, 6) is 0.560. The molecule has 0 unspecified atom stereocenters. The molecule has 0 aliphatic rings. The molecular weight excluding hydrogens is 386 g/mol. The van der Waals surface area contributed by atoms with Crippen molar-refractivity contribution in [3.05, 3.63) is 102 Å². The quantitative estimate of drug-likeness (QED) is 0.473. The molecule has 0 radical (unpaired) electrons. The van der Waals surface area contributed by atoms with Crippen molar-refractivity contribution in [2.45, 2.75) is 20.4 Å². The van der Waals surface area contributed by atoms with Crippen LogP contribution in [0.1, 0.15) is 16.7 Å². The van der Waals surface area contributed by atoms with Gasteiger partial charge in [-0.2, -0.15) is 5.10 Å². The monoisotopic (exact) mass is 411 g/mol. The molecule has 0 bridgehead atoms. The number of nitrogens with zero attached hydrogens (tertiary/aromatic N) is 2. The number of aryl methyl sites for hydroxylation is 1. The number of aromatic nitrogens is 2. The summed E-state index contributed by atoms with van der Waals surface area (Å²) in [6.07, 6.45) is 1.96. The number of ether oxygens (including phenoxy) is 1. The number of para-hydroxylation sites is 1. The Labute approximate surface area is 182 Å². The van der Waals surface area contributed by atoms with Crippen molar-refractivity contribution >= 4 is 5.91 Å². The van der Waals surface area contributed by atoms with Gasteiger partial charge in [-0.3, -0.25) is 4.79 Å². The van der Waals surface area contributed by atoms with Gasteiger partial charge in [0.15, 0.2) is 6.61 Å². The van der Waals surface area contributed by atoms with E-state index in [-0.39, 0.29) is 12.5 Å². The van der Waals surface area contributed by atoms with Gasteiger partial charge >= 0.3 is 0 Å². The molecule has 5 heteroatoms. The van der Waals surface area contributed by atoms with Gasteiger partial charge in [-0.05, 0) is 43.2 Å². The Hall–Kier alpha value is -3.86. The molecule has 1 amide bonds.